The quantitative estimate of drug-likeness (QED) is 0.695. The molecular weight excluding hydrogens is 332 g/mol. The average molecular weight is 345 g/mol. The van der Waals surface area contributed by atoms with Crippen molar-refractivity contribution >= 4 is 15.9 Å². The van der Waals surface area contributed by atoms with E-state index in [4.69, 9.17) is 9.26 Å². The van der Waals surface area contributed by atoms with Crippen molar-refractivity contribution in [1.29, 1.82) is 0 Å². The number of rotatable bonds is 4. The van der Waals surface area contributed by atoms with Gasteiger partial charge in [0.25, 0.3) is 5.89 Å². The number of nitrogens with zero attached hydrogens (tertiary/aromatic N) is 2. The van der Waals surface area contributed by atoms with Crippen molar-refractivity contribution in [2.24, 2.45) is 0 Å². The third kappa shape index (κ3) is 2.97. The van der Waals surface area contributed by atoms with Crippen LogP contribution in [0.15, 0.2) is 57.5 Å². The Kier molecular flexibility index (Phi) is 4.01. The van der Waals surface area contributed by atoms with Crippen LogP contribution in [0.3, 0.4) is 0 Å². The van der Waals surface area contributed by atoms with Gasteiger partial charge in [-0.15, -0.1) is 0 Å². The van der Waals surface area contributed by atoms with Crippen LogP contribution in [0.4, 0.5) is 0 Å². The maximum atomic E-state index is 5.41. The van der Waals surface area contributed by atoms with Crippen LogP contribution in [0.25, 0.3) is 22.8 Å². The topological polar surface area (TPSA) is 48.2 Å². The molecule has 0 aliphatic heterocycles. The lowest BCUT2D eigenvalue weighted by molar-refractivity contribution is 0.340. The molecule has 3 aromatic rings. The number of hydrogen-bond acceptors (Lipinski definition) is 4. The van der Waals surface area contributed by atoms with Crippen LogP contribution in [-0.2, 0) is 0 Å². The summed E-state index contributed by atoms with van der Waals surface area (Å²) in [6.07, 6.45) is 0. The molecule has 0 bridgehead atoms. The zero-order chi connectivity index (χ0) is 14.7. The first kappa shape index (κ1) is 13.8. The fraction of sp³-hybridized carbons (Fsp3) is 0.125. The second-order valence-corrected chi connectivity index (χ2v) is 5.21. The van der Waals surface area contributed by atoms with E-state index < -0.39 is 0 Å². The van der Waals surface area contributed by atoms with E-state index in [1.165, 1.54) is 0 Å². The molecule has 0 radical (unpaired) electrons. The number of halogens is 1. The Bertz CT molecular complexity index is 738. The van der Waals surface area contributed by atoms with Crippen LogP contribution in [0.5, 0.6) is 5.75 Å². The Hall–Kier alpha value is -2.14. The Labute approximate surface area is 130 Å². The van der Waals surface area contributed by atoms with Gasteiger partial charge in [-0.05, 0) is 43.3 Å². The van der Waals surface area contributed by atoms with Gasteiger partial charge in [0, 0.05) is 15.6 Å². The van der Waals surface area contributed by atoms with E-state index >= 15 is 0 Å². The molecular formula is C16H13BrN2O2. The Morgan fingerprint density at radius 3 is 2.57 bits per heavy atom. The smallest absolute Gasteiger partial charge is 0.258 e. The van der Waals surface area contributed by atoms with Crippen molar-refractivity contribution in [3.63, 3.8) is 0 Å². The van der Waals surface area contributed by atoms with Crippen LogP contribution in [0.1, 0.15) is 6.92 Å². The SMILES string of the molecule is CCOc1ccc(-c2nc(-c3ccccc3Br)no2)cc1. The molecule has 1 aromatic heterocycles. The lowest BCUT2D eigenvalue weighted by Crippen LogP contribution is -1.90. The van der Waals surface area contributed by atoms with Crippen molar-refractivity contribution in [2.45, 2.75) is 6.92 Å². The first-order chi connectivity index (χ1) is 10.3. The monoisotopic (exact) mass is 344 g/mol. The second kappa shape index (κ2) is 6.10. The zero-order valence-electron chi connectivity index (χ0n) is 11.4. The minimum absolute atomic E-state index is 0.490. The van der Waals surface area contributed by atoms with E-state index in [1.54, 1.807) is 0 Å². The van der Waals surface area contributed by atoms with E-state index in [2.05, 4.69) is 26.1 Å². The molecule has 0 spiro atoms. The largest absolute Gasteiger partial charge is 0.494 e. The van der Waals surface area contributed by atoms with Crippen molar-refractivity contribution in [2.75, 3.05) is 6.61 Å². The summed E-state index contributed by atoms with van der Waals surface area (Å²) in [6, 6.07) is 15.4. The molecule has 0 N–H and O–H groups in total. The Morgan fingerprint density at radius 1 is 1.10 bits per heavy atom. The molecule has 1 heterocycles. The normalized spacial score (nSPS) is 10.6. The first-order valence-corrected chi connectivity index (χ1v) is 7.39. The van der Waals surface area contributed by atoms with Gasteiger partial charge in [0.1, 0.15) is 5.75 Å². The molecule has 2 aromatic carbocycles. The molecule has 21 heavy (non-hydrogen) atoms. The molecule has 0 fully saturated rings. The molecule has 0 saturated carbocycles. The highest BCUT2D eigenvalue weighted by Crippen LogP contribution is 2.28. The summed E-state index contributed by atoms with van der Waals surface area (Å²) in [7, 11) is 0. The summed E-state index contributed by atoms with van der Waals surface area (Å²) in [4.78, 5) is 4.44. The molecule has 0 aliphatic carbocycles. The van der Waals surface area contributed by atoms with Crippen LogP contribution in [0.2, 0.25) is 0 Å². The highest BCUT2D eigenvalue weighted by Gasteiger charge is 2.12. The van der Waals surface area contributed by atoms with Gasteiger partial charge in [0.2, 0.25) is 5.82 Å². The van der Waals surface area contributed by atoms with Crippen molar-refractivity contribution in [3.8, 4) is 28.6 Å². The maximum absolute atomic E-state index is 5.41. The predicted octanol–water partition coefficient (Wildman–Crippen LogP) is 4.56. The number of hydrogen-bond donors (Lipinski definition) is 0. The van der Waals surface area contributed by atoms with E-state index in [9.17, 15) is 0 Å². The van der Waals surface area contributed by atoms with Gasteiger partial charge in [-0.1, -0.05) is 33.2 Å². The van der Waals surface area contributed by atoms with Crippen molar-refractivity contribution in [1.82, 2.24) is 10.1 Å². The van der Waals surface area contributed by atoms with Gasteiger partial charge >= 0.3 is 0 Å². The third-order valence-electron chi connectivity index (χ3n) is 2.95. The molecule has 0 unspecified atom stereocenters. The van der Waals surface area contributed by atoms with Gasteiger partial charge < -0.3 is 9.26 Å². The van der Waals surface area contributed by atoms with Crippen LogP contribution in [0, 0.1) is 0 Å². The molecule has 3 rings (SSSR count). The summed E-state index contributed by atoms with van der Waals surface area (Å²) in [5, 5.41) is 4.04. The molecule has 4 nitrogen and oxygen atoms in total. The molecule has 0 aliphatic rings. The van der Waals surface area contributed by atoms with Gasteiger partial charge in [-0.3, -0.25) is 0 Å². The minimum Gasteiger partial charge on any atom is -0.494 e. The van der Waals surface area contributed by atoms with Crippen LogP contribution < -0.4 is 4.74 Å². The van der Waals surface area contributed by atoms with E-state index in [-0.39, 0.29) is 0 Å². The Morgan fingerprint density at radius 2 is 1.86 bits per heavy atom. The first-order valence-electron chi connectivity index (χ1n) is 6.60. The van der Waals surface area contributed by atoms with Gasteiger partial charge in [0.15, 0.2) is 0 Å². The standard InChI is InChI=1S/C16H13BrN2O2/c1-2-20-12-9-7-11(8-10-12)16-18-15(19-21-16)13-5-3-4-6-14(13)17/h3-10H,2H2,1H3. The summed E-state index contributed by atoms with van der Waals surface area (Å²) in [5.74, 6) is 1.88. The third-order valence-corrected chi connectivity index (χ3v) is 3.64. The van der Waals surface area contributed by atoms with E-state index in [0.29, 0.717) is 18.3 Å². The fourth-order valence-electron chi connectivity index (χ4n) is 1.95. The number of aromatic nitrogens is 2. The lowest BCUT2D eigenvalue weighted by atomic mass is 10.2. The second-order valence-electron chi connectivity index (χ2n) is 4.36. The maximum Gasteiger partial charge on any atom is 0.258 e. The molecule has 0 saturated heterocycles. The van der Waals surface area contributed by atoms with Gasteiger partial charge in [-0.2, -0.15) is 4.98 Å². The summed E-state index contributed by atoms with van der Waals surface area (Å²) < 4.78 is 11.7. The van der Waals surface area contributed by atoms with E-state index in [1.807, 2.05) is 55.5 Å². The van der Waals surface area contributed by atoms with Gasteiger partial charge in [-0.25, -0.2) is 0 Å². The highest BCUT2D eigenvalue weighted by molar-refractivity contribution is 9.10. The average Bonchev–Trinajstić information content (AvgIpc) is 2.98. The lowest BCUT2D eigenvalue weighted by Gasteiger charge is -2.02. The molecule has 0 atom stereocenters. The zero-order valence-corrected chi connectivity index (χ0v) is 13.0. The van der Waals surface area contributed by atoms with E-state index in [0.717, 1.165) is 21.3 Å². The summed E-state index contributed by atoms with van der Waals surface area (Å²) in [6.45, 7) is 2.60. The predicted molar refractivity (Wildman–Crippen MR) is 84.0 cm³/mol. The van der Waals surface area contributed by atoms with Crippen LogP contribution >= 0.6 is 15.9 Å². The fourth-order valence-corrected chi connectivity index (χ4v) is 2.42. The summed E-state index contributed by atoms with van der Waals surface area (Å²) >= 11 is 3.49. The van der Waals surface area contributed by atoms with Crippen molar-refractivity contribution in [3.05, 3.63) is 53.0 Å². The number of ether oxygens (including phenoxy) is 1. The Balaban J connectivity index is 1.89. The van der Waals surface area contributed by atoms with Crippen molar-refractivity contribution < 1.29 is 9.26 Å². The molecule has 106 valence electrons. The molecule has 0 amide bonds. The molecule has 5 heteroatoms. The highest BCUT2D eigenvalue weighted by atomic mass is 79.9. The van der Waals surface area contributed by atoms with Gasteiger partial charge in [0.05, 0.1) is 6.61 Å². The minimum atomic E-state index is 0.490. The number of benzene rings is 2. The summed E-state index contributed by atoms with van der Waals surface area (Å²) in [5.41, 5.74) is 1.77. The van der Waals surface area contributed by atoms with Crippen LogP contribution in [-0.4, -0.2) is 16.7 Å².